The molecule has 1 saturated heterocycles. The molecule has 1 amide bonds. The van der Waals surface area contributed by atoms with Gasteiger partial charge >= 0.3 is 0 Å². The molecule has 0 saturated carbocycles. The van der Waals surface area contributed by atoms with E-state index >= 15 is 0 Å². The molecule has 3 rings (SSSR count). The summed E-state index contributed by atoms with van der Waals surface area (Å²) in [7, 11) is 3.25. The van der Waals surface area contributed by atoms with Gasteiger partial charge in [-0.3, -0.25) is 4.79 Å². The number of methoxy groups -OCH3 is 2. The van der Waals surface area contributed by atoms with Crippen LogP contribution in [0, 0.1) is 10.9 Å². The van der Waals surface area contributed by atoms with Crippen LogP contribution in [0.15, 0.2) is 18.2 Å². The molecule has 2 aromatic rings. The summed E-state index contributed by atoms with van der Waals surface area (Å²) in [5.74, 6) is 1.54. The third kappa shape index (κ3) is 3.72. The van der Waals surface area contributed by atoms with Gasteiger partial charge in [-0.05, 0) is 49.7 Å². The van der Waals surface area contributed by atoms with Crippen molar-refractivity contribution in [2.75, 3.05) is 20.8 Å². The number of H-pyrrole nitrogens is 1. The standard InChI is InChI=1S/C18H22N2O3S2/c1-11-16(25-18(24)19-11)10-17(21)20-8-4-5-13(20)12-6-7-14(22-2)15(9-12)23-3/h6-7,9,13H,4-5,8,10H2,1-3H3,(H,19,24)/t13-/m0/s1. The number of aromatic nitrogens is 1. The first-order chi connectivity index (χ1) is 12.0. The first-order valence-corrected chi connectivity index (χ1v) is 9.46. The highest BCUT2D eigenvalue weighted by atomic mass is 32.1. The van der Waals surface area contributed by atoms with Gasteiger partial charge in [0.25, 0.3) is 0 Å². The van der Waals surface area contributed by atoms with Gasteiger partial charge in [0, 0.05) is 17.1 Å². The van der Waals surface area contributed by atoms with E-state index in [0.717, 1.165) is 39.5 Å². The highest BCUT2D eigenvalue weighted by Crippen LogP contribution is 2.37. The zero-order valence-corrected chi connectivity index (χ0v) is 16.3. The highest BCUT2D eigenvalue weighted by molar-refractivity contribution is 7.73. The minimum Gasteiger partial charge on any atom is -0.493 e. The number of amides is 1. The van der Waals surface area contributed by atoms with Crippen LogP contribution >= 0.6 is 23.6 Å². The number of ether oxygens (including phenoxy) is 2. The Labute approximate surface area is 156 Å². The third-order valence-electron chi connectivity index (χ3n) is 4.60. The van der Waals surface area contributed by atoms with Gasteiger partial charge in [0.05, 0.1) is 26.7 Å². The molecule has 0 aliphatic carbocycles. The highest BCUT2D eigenvalue weighted by Gasteiger charge is 2.30. The van der Waals surface area contributed by atoms with Crippen LogP contribution in [0.4, 0.5) is 0 Å². The molecule has 0 radical (unpaired) electrons. The van der Waals surface area contributed by atoms with Gasteiger partial charge in [-0.25, -0.2) is 0 Å². The van der Waals surface area contributed by atoms with E-state index in [1.165, 1.54) is 11.3 Å². The van der Waals surface area contributed by atoms with Crippen molar-refractivity contribution < 1.29 is 14.3 Å². The Morgan fingerprint density at radius 3 is 2.76 bits per heavy atom. The molecular weight excluding hydrogens is 356 g/mol. The van der Waals surface area contributed by atoms with Gasteiger partial charge in [0.15, 0.2) is 15.5 Å². The first kappa shape index (κ1) is 17.9. The lowest BCUT2D eigenvalue weighted by Crippen LogP contribution is -2.31. The van der Waals surface area contributed by atoms with E-state index in [0.29, 0.717) is 17.9 Å². The molecule has 1 atom stereocenters. The van der Waals surface area contributed by atoms with Crippen LogP contribution in [0.5, 0.6) is 11.5 Å². The Morgan fingerprint density at radius 1 is 1.36 bits per heavy atom. The second kappa shape index (κ2) is 7.58. The van der Waals surface area contributed by atoms with Crippen LogP contribution in [-0.4, -0.2) is 36.6 Å². The molecule has 1 fully saturated rings. The lowest BCUT2D eigenvalue weighted by molar-refractivity contribution is -0.131. The van der Waals surface area contributed by atoms with E-state index in [4.69, 9.17) is 21.7 Å². The predicted octanol–water partition coefficient (Wildman–Crippen LogP) is 4.04. The maximum Gasteiger partial charge on any atom is 0.228 e. The molecule has 1 aliphatic heterocycles. The fourth-order valence-electron chi connectivity index (χ4n) is 3.32. The van der Waals surface area contributed by atoms with Crippen molar-refractivity contribution in [3.63, 3.8) is 0 Å². The summed E-state index contributed by atoms with van der Waals surface area (Å²) in [6.45, 7) is 2.75. The maximum absolute atomic E-state index is 12.9. The summed E-state index contributed by atoms with van der Waals surface area (Å²) in [5.41, 5.74) is 2.08. The van der Waals surface area contributed by atoms with Gasteiger partial charge in [-0.1, -0.05) is 6.07 Å². The van der Waals surface area contributed by atoms with E-state index in [1.807, 2.05) is 30.0 Å². The Balaban J connectivity index is 1.81. The van der Waals surface area contributed by atoms with E-state index in [9.17, 15) is 4.79 Å². The normalized spacial score (nSPS) is 16.9. The van der Waals surface area contributed by atoms with Gasteiger partial charge in [0.2, 0.25) is 5.91 Å². The average Bonchev–Trinajstić information content (AvgIpc) is 3.21. The van der Waals surface area contributed by atoms with Crippen molar-refractivity contribution in [1.29, 1.82) is 0 Å². The van der Waals surface area contributed by atoms with Crippen LogP contribution in [-0.2, 0) is 11.2 Å². The second-order valence-electron chi connectivity index (χ2n) is 6.10. The molecule has 0 spiro atoms. The number of thiazole rings is 1. The van der Waals surface area contributed by atoms with Gasteiger partial charge < -0.3 is 19.4 Å². The van der Waals surface area contributed by atoms with Gasteiger partial charge in [-0.2, -0.15) is 0 Å². The van der Waals surface area contributed by atoms with Crippen molar-refractivity contribution in [1.82, 2.24) is 9.88 Å². The fraction of sp³-hybridized carbons (Fsp3) is 0.444. The van der Waals surface area contributed by atoms with E-state index < -0.39 is 0 Å². The topological polar surface area (TPSA) is 54.6 Å². The van der Waals surface area contributed by atoms with Crippen LogP contribution < -0.4 is 9.47 Å². The number of aromatic amines is 1. The molecule has 1 N–H and O–H groups in total. The quantitative estimate of drug-likeness (QED) is 0.798. The lowest BCUT2D eigenvalue weighted by Gasteiger charge is -2.25. The van der Waals surface area contributed by atoms with Crippen molar-refractivity contribution >= 4 is 29.5 Å². The molecule has 2 heterocycles. The number of carbonyl (C=O) groups is 1. The van der Waals surface area contributed by atoms with E-state index in [2.05, 4.69) is 4.98 Å². The molecular formula is C18H22N2O3S2. The number of hydrogen-bond donors (Lipinski definition) is 1. The number of rotatable bonds is 5. The maximum atomic E-state index is 12.9. The number of nitrogens with one attached hydrogen (secondary N) is 1. The van der Waals surface area contributed by atoms with Crippen LogP contribution in [0.3, 0.4) is 0 Å². The first-order valence-electron chi connectivity index (χ1n) is 8.23. The van der Waals surface area contributed by atoms with Crippen LogP contribution in [0.1, 0.15) is 35.0 Å². The smallest absolute Gasteiger partial charge is 0.228 e. The fourth-order valence-corrected chi connectivity index (χ4v) is 4.60. The number of likely N-dealkylation sites (tertiary alicyclic amines) is 1. The number of aryl methyl sites for hydroxylation is 1. The van der Waals surface area contributed by atoms with Gasteiger partial charge in [0.1, 0.15) is 0 Å². The second-order valence-corrected chi connectivity index (χ2v) is 7.87. The monoisotopic (exact) mass is 378 g/mol. The average molecular weight is 379 g/mol. The van der Waals surface area contributed by atoms with Crippen molar-refractivity contribution in [3.8, 4) is 11.5 Å². The SMILES string of the molecule is COc1ccc([C@@H]2CCCN2C(=O)Cc2sc(=S)[nH]c2C)cc1OC. The minimum atomic E-state index is 0.0829. The molecule has 1 aliphatic rings. The van der Waals surface area contributed by atoms with E-state index in [-0.39, 0.29) is 11.9 Å². The number of nitrogens with zero attached hydrogens (tertiary/aromatic N) is 1. The summed E-state index contributed by atoms with van der Waals surface area (Å²) in [5, 5.41) is 0. The lowest BCUT2D eigenvalue weighted by atomic mass is 10.0. The zero-order chi connectivity index (χ0) is 18.0. The predicted molar refractivity (Wildman–Crippen MR) is 101 cm³/mol. The molecule has 1 aromatic carbocycles. The Hall–Kier alpha value is -1.86. The summed E-state index contributed by atoms with van der Waals surface area (Å²) >= 11 is 6.66. The molecule has 0 bridgehead atoms. The Bertz CT molecular complexity index is 828. The summed E-state index contributed by atoms with van der Waals surface area (Å²) < 4.78 is 11.4. The molecule has 7 heteroatoms. The molecule has 134 valence electrons. The van der Waals surface area contributed by atoms with Crippen molar-refractivity contribution in [3.05, 3.63) is 38.3 Å². The zero-order valence-electron chi connectivity index (χ0n) is 14.6. The molecule has 5 nitrogen and oxygen atoms in total. The Morgan fingerprint density at radius 2 is 2.12 bits per heavy atom. The van der Waals surface area contributed by atoms with Crippen LogP contribution in [0.25, 0.3) is 0 Å². The van der Waals surface area contributed by atoms with E-state index in [1.54, 1.807) is 14.2 Å². The third-order valence-corrected chi connectivity index (χ3v) is 5.94. The van der Waals surface area contributed by atoms with Crippen LogP contribution in [0.2, 0.25) is 0 Å². The number of benzene rings is 1. The summed E-state index contributed by atoms with van der Waals surface area (Å²) in [6.07, 6.45) is 2.36. The molecule has 1 aromatic heterocycles. The van der Waals surface area contributed by atoms with Gasteiger partial charge in [-0.15, -0.1) is 11.3 Å². The minimum absolute atomic E-state index is 0.0829. The molecule has 0 unspecified atom stereocenters. The number of hydrogen-bond acceptors (Lipinski definition) is 5. The Kier molecular flexibility index (Phi) is 5.44. The summed E-state index contributed by atoms with van der Waals surface area (Å²) in [4.78, 5) is 19.0. The molecule has 25 heavy (non-hydrogen) atoms. The van der Waals surface area contributed by atoms with Crippen molar-refractivity contribution in [2.45, 2.75) is 32.2 Å². The largest absolute Gasteiger partial charge is 0.493 e. The number of carbonyl (C=O) groups excluding carboxylic acids is 1. The summed E-state index contributed by atoms with van der Waals surface area (Å²) in [6, 6.07) is 5.97. The van der Waals surface area contributed by atoms with Crippen molar-refractivity contribution in [2.24, 2.45) is 0 Å².